The van der Waals surface area contributed by atoms with Crippen molar-refractivity contribution in [1.82, 2.24) is 4.90 Å². The van der Waals surface area contributed by atoms with Gasteiger partial charge in [0.15, 0.2) is 0 Å². The highest BCUT2D eigenvalue weighted by molar-refractivity contribution is 5.46. The average molecular weight is 125 g/mol. The largest absolute Gasteiger partial charge is 0.337 e. The van der Waals surface area contributed by atoms with Crippen molar-refractivity contribution < 1.29 is 4.79 Å². The van der Waals surface area contributed by atoms with Crippen LogP contribution in [0.25, 0.3) is 0 Å². The first kappa shape index (κ1) is 8.03. The Morgan fingerprint density at radius 2 is 2.22 bits per heavy atom. The molecule has 0 atom stereocenters. The summed E-state index contributed by atoms with van der Waals surface area (Å²) in [6.45, 7) is 2.52. The van der Waals surface area contributed by atoms with Gasteiger partial charge in [0, 0.05) is 13.5 Å². The van der Waals surface area contributed by atoms with Gasteiger partial charge < -0.3 is 4.90 Å². The molecule has 0 aliphatic rings. The molecular weight excluding hydrogens is 114 g/mol. The van der Waals surface area contributed by atoms with Gasteiger partial charge in [-0.25, -0.2) is 0 Å². The molecule has 0 fully saturated rings. The van der Waals surface area contributed by atoms with Crippen molar-refractivity contribution in [3.63, 3.8) is 0 Å². The van der Waals surface area contributed by atoms with Gasteiger partial charge in [0.25, 0.3) is 0 Å². The number of hydrogen-bond donors (Lipinski definition) is 0. The minimum absolute atomic E-state index is 0.539. The molecule has 2 heteroatoms. The maximum Gasteiger partial charge on any atom is 0.210 e. The predicted molar refractivity (Wildman–Crippen MR) is 36.8 cm³/mol. The van der Waals surface area contributed by atoms with E-state index in [1.54, 1.807) is 7.05 Å². The SMILES string of the molecule is CCC#CCN(C)C=O. The van der Waals surface area contributed by atoms with Crippen molar-refractivity contribution in [1.29, 1.82) is 0 Å². The van der Waals surface area contributed by atoms with E-state index in [0.717, 1.165) is 12.8 Å². The summed E-state index contributed by atoms with van der Waals surface area (Å²) in [5.41, 5.74) is 0. The first-order chi connectivity index (χ1) is 4.31. The molecule has 0 bridgehead atoms. The van der Waals surface area contributed by atoms with Crippen LogP contribution in [0.15, 0.2) is 0 Å². The van der Waals surface area contributed by atoms with Gasteiger partial charge >= 0.3 is 0 Å². The molecule has 9 heavy (non-hydrogen) atoms. The maximum absolute atomic E-state index is 9.96. The third kappa shape index (κ3) is 4.89. The Bertz CT molecular complexity index is 132. The van der Waals surface area contributed by atoms with Crippen LogP contribution in [0.2, 0.25) is 0 Å². The third-order valence-electron chi connectivity index (χ3n) is 0.810. The summed E-state index contributed by atoms with van der Waals surface area (Å²) in [6, 6.07) is 0. The Morgan fingerprint density at radius 3 is 2.67 bits per heavy atom. The molecule has 0 rings (SSSR count). The lowest BCUT2D eigenvalue weighted by atomic mass is 10.4. The van der Waals surface area contributed by atoms with Gasteiger partial charge in [0.05, 0.1) is 6.54 Å². The molecule has 0 radical (unpaired) electrons. The topological polar surface area (TPSA) is 20.3 Å². The number of rotatable bonds is 2. The summed E-state index contributed by atoms with van der Waals surface area (Å²) in [5.74, 6) is 5.69. The number of carbonyl (C=O) groups excluding carboxylic acids is 1. The molecule has 0 N–H and O–H groups in total. The van der Waals surface area contributed by atoms with Crippen LogP contribution in [0.1, 0.15) is 13.3 Å². The van der Waals surface area contributed by atoms with Crippen LogP contribution in [0.3, 0.4) is 0 Å². The van der Waals surface area contributed by atoms with E-state index in [-0.39, 0.29) is 0 Å². The van der Waals surface area contributed by atoms with Crippen LogP contribution in [-0.2, 0) is 4.79 Å². The zero-order chi connectivity index (χ0) is 7.11. The summed E-state index contributed by atoms with van der Waals surface area (Å²) in [4.78, 5) is 11.5. The van der Waals surface area contributed by atoms with Gasteiger partial charge in [-0.15, -0.1) is 5.92 Å². The van der Waals surface area contributed by atoms with Crippen LogP contribution in [-0.4, -0.2) is 24.9 Å². The van der Waals surface area contributed by atoms with E-state index in [1.807, 2.05) is 6.92 Å². The van der Waals surface area contributed by atoms with Gasteiger partial charge in [-0.1, -0.05) is 12.8 Å². The molecule has 0 aromatic rings. The lowest BCUT2D eigenvalue weighted by Crippen LogP contribution is -2.15. The molecule has 0 aromatic heterocycles. The highest BCUT2D eigenvalue weighted by Gasteiger charge is 1.83. The fourth-order valence-electron chi connectivity index (χ4n) is 0.343. The molecule has 2 nitrogen and oxygen atoms in total. The minimum atomic E-state index is 0.539. The lowest BCUT2D eigenvalue weighted by Gasteiger charge is -2.01. The summed E-state index contributed by atoms with van der Waals surface area (Å²) >= 11 is 0. The Labute approximate surface area is 55.8 Å². The average Bonchev–Trinajstić information content (AvgIpc) is 1.89. The van der Waals surface area contributed by atoms with E-state index < -0.39 is 0 Å². The molecule has 1 amide bonds. The second kappa shape index (κ2) is 5.17. The molecule has 0 aliphatic carbocycles. The standard InChI is InChI=1S/C7H11NO/c1-3-4-5-6-8(2)7-9/h7H,3,6H2,1-2H3. The Morgan fingerprint density at radius 1 is 1.56 bits per heavy atom. The van der Waals surface area contributed by atoms with Crippen molar-refractivity contribution in [2.75, 3.05) is 13.6 Å². The molecule has 0 aromatic carbocycles. The first-order valence-electron chi connectivity index (χ1n) is 2.92. The second-order valence-corrected chi connectivity index (χ2v) is 1.73. The Kier molecular flexibility index (Phi) is 4.61. The molecule has 0 aliphatic heterocycles. The van der Waals surface area contributed by atoms with Crippen molar-refractivity contribution >= 4 is 6.41 Å². The zero-order valence-electron chi connectivity index (χ0n) is 5.85. The number of hydrogen-bond acceptors (Lipinski definition) is 1. The number of amides is 1. The van der Waals surface area contributed by atoms with Crippen molar-refractivity contribution in [3.05, 3.63) is 0 Å². The molecule has 0 heterocycles. The maximum atomic E-state index is 9.96. The molecule has 0 unspecified atom stereocenters. The van der Waals surface area contributed by atoms with E-state index in [0.29, 0.717) is 6.54 Å². The van der Waals surface area contributed by atoms with Crippen LogP contribution in [0, 0.1) is 11.8 Å². The molecule has 0 saturated heterocycles. The van der Waals surface area contributed by atoms with E-state index in [9.17, 15) is 4.79 Å². The van der Waals surface area contributed by atoms with Crippen molar-refractivity contribution in [3.8, 4) is 11.8 Å². The molecule has 0 spiro atoms. The van der Waals surface area contributed by atoms with Gasteiger partial charge in [0.1, 0.15) is 0 Å². The van der Waals surface area contributed by atoms with Crippen LogP contribution >= 0.6 is 0 Å². The van der Waals surface area contributed by atoms with Crippen LogP contribution in [0.4, 0.5) is 0 Å². The predicted octanol–water partition coefficient (Wildman–Crippen LogP) is 0.488. The van der Waals surface area contributed by atoms with E-state index in [1.165, 1.54) is 4.90 Å². The Hall–Kier alpha value is -0.970. The lowest BCUT2D eigenvalue weighted by molar-refractivity contribution is -0.116. The van der Waals surface area contributed by atoms with E-state index in [2.05, 4.69) is 11.8 Å². The van der Waals surface area contributed by atoms with Crippen LogP contribution in [0.5, 0.6) is 0 Å². The van der Waals surface area contributed by atoms with E-state index in [4.69, 9.17) is 0 Å². The smallest absolute Gasteiger partial charge is 0.210 e. The number of nitrogens with zero attached hydrogens (tertiary/aromatic N) is 1. The number of carbonyl (C=O) groups is 1. The highest BCUT2D eigenvalue weighted by atomic mass is 16.1. The normalized spacial score (nSPS) is 7.33. The van der Waals surface area contributed by atoms with Gasteiger partial charge in [-0.05, 0) is 0 Å². The van der Waals surface area contributed by atoms with Gasteiger partial charge in [-0.2, -0.15) is 0 Å². The summed E-state index contributed by atoms with van der Waals surface area (Å²) in [7, 11) is 1.71. The molecular formula is C7H11NO. The summed E-state index contributed by atoms with van der Waals surface area (Å²) < 4.78 is 0. The van der Waals surface area contributed by atoms with Crippen molar-refractivity contribution in [2.24, 2.45) is 0 Å². The Balaban J connectivity index is 3.36. The fourth-order valence-corrected chi connectivity index (χ4v) is 0.343. The molecule has 50 valence electrons. The van der Waals surface area contributed by atoms with Crippen LogP contribution < -0.4 is 0 Å². The fraction of sp³-hybridized carbons (Fsp3) is 0.571. The zero-order valence-corrected chi connectivity index (χ0v) is 5.85. The van der Waals surface area contributed by atoms with Gasteiger partial charge in [0.2, 0.25) is 6.41 Å². The van der Waals surface area contributed by atoms with Gasteiger partial charge in [-0.3, -0.25) is 4.79 Å². The first-order valence-corrected chi connectivity index (χ1v) is 2.92. The monoisotopic (exact) mass is 125 g/mol. The highest BCUT2D eigenvalue weighted by Crippen LogP contribution is 1.72. The summed E-state index contributed by atoms with van der Waals surface area (Å²) in [5, 5.41) is 0. The van der Waals surface area contributed by atoms with Crippen molar-refractivity contribution in [2.45, 2.75) is 13.3 Å². The quantitative estimate of drug-likeness (QED) is 0.388. The molecule has 0 saturated carbocycles. The van der Waals surface area contributed by atoms with E-state index >= 15 is 0 Å². The third-order valence-corrected chi connectivity index (χ3v) is 0.810. The summed E-state index contributed by atoms with van der Waals surface area (Å²) in [6.07, 6.45) is 1.62. The minimum Gasteiger partial charge on any atom is -0.337 e. The second-order valence-electron chi connectivity index (χ2n) is 1.73.